The number of hydrogen-bond donors (Lipinski definition) is 1. The van der Waals surface area contributed by atoms with Gasteiger partial charge < -0.3 is 10.2 Å². The zero-order chi connectivity index (χ0) is 14.1. The second kappa shape index (κ2) is 5.37. The van der Waals surface area contributed by atoms with Crippen LogP contribution in [0, 0.1) is 5.92 Å². The highest BCUT2D eigenvalue weighted by molar-refractivity contribution is 5.97. The smallest absolute Gasteiger partial charge is 0.251 e. The normalized spacial score (nSPS) is 28.1. The van der Waals surface area contributed by atoms with Gasteiger partial charge in [0.15, 0.2) is 5.78 Å². The molecule has 3 heterocycles. The summed E-state index contributed by atoms with van der Waals surface area (Å²) in [5.41, 5.74) is 1.27. The lowest BCUT2D eigenvalue weighted by atomic mass is 9.84. The quantitative estimate of drug-likeness (QED) is 0.852. The number of nitrogens with zero attached hydrogens (tertiary/aromatic N) is 1. The summed E-state index contributed by atoms with van der Waals surface area (Å²) in [5, 5.41) is 3.15. The predicted octanol–water partition coefficient (Wildman–Crippen LogP) is 1.71. The molecule has 4 nitrogen and oxygen atoms in total. The van der Waals surface area contributed by atoms with Crippen LogP contribution in [0.2, 0.25) is 0 Å². The van der Waals surface area contributed by atoms with E-state index >= 15 is 0 Å². The van der Waals surface area contributed by atoms with Crippen molar-refractivity contribution in [2.24, 2.45) is 5.92 Å². The summed E-state index contributed by atoms with van der Waals surface area (Å²) in [6.07, 6.45) is 2.38. The van der Waals surface area contributed by atoms with Gasteiger partial charge in [0.05, 0.1) is 0 Å². The Hall–Kier alpha value is -1.68. The number of carbonyl (C=O) groups is 2. The Kier molecular flexibility index (Phi) is 3.57. The number of fused-ring (bicyclic) bond motifs is 3. The SMILES string of the molecule is CC(=O)c1ccc(C(=O)N[C@H]2CN3CCC2CC3)cc1. The van der Waals surface area contributed by atoms with Gasteiger partial charge in [0.2, 0.25) is 0 Å². The van der Waals surface area contributed by atoms with Crippen molar-refractivity contribution in [1.82, 2.24) is 10.2 Å². The monoisotopic (exact) mass is 272 g/mol. The molecule has 0 aromatic heterocycles. The summed E-state index contributed by atoms with van der Waals surface area (Å²) >= 11 is 0. The minimum Gasteiger partial charge on any atom is -0.348 e. The molecule has 0 aliphatic carbocycles. The van der Waals surface area contributed by atoms with Gasteiger partial charge in [0, 0.05) is 23.7 Å². The molecule has 0 radical (unpaired) electrons. The van der Waals surface area contributed by atoms with E-state index in [9.17, 15) is 9.59 Å². The fourth-order valence-electron chi connectivity index (χ4n) is 3.24. The van der Waals surface area contributed by atoms with Crippen molar-refractivity contribution in [3.63, 3.8) is 0 Å². The average Bonchev–Trinajstić information content (AvgIpc) is 2.48. The Morgan fingerprint density at radius 2 is 1.70 bits per heavy atom. The highest BCUT2D eigenvalue weighted by Gasteiger charge is 2.34. The third kappa shape index (κ3) is 2.61. The summed E-state index contributed by atoms with van der Waals surface area (Å²) in [7, 11) is 0. The molecule has 1 amide bonds. The van der Waals surface area contributed by atoms with Gasteiger partial charge in [-0.15, -0.1) is 0 Å². The Balaban J connectivity index is 1.65. The number of carbonyl (C=O) groups excluding carboxylic acids is 2. The van der Waals surface area contributed by atoms with Gasteiger partial charge in [0.25, 0.3) is 5.91 Å². The Morgan fingerprint density at radius 1 is 1.10 bits per heavy atom. The number of nitrogens with one attached hydrogen (secondary N) is 1. The molecular formula is C16H20N2O2. The zero-order valence-electron chi connectivity index (χ0n) is 11.8. The molecule has 1 N–H and O–H groups in total. The van der Waals surface area contributed by atoms with Crippen LogP contribution in [0.15, 0.2) is 24.3 Å². The summed E-state index contributed by atoms with van der Waals surface area (Å²) in [4.78, 5) is 25.9. The lowest BCUT2D eigenvalue weighted by Gasteiger charge is -2.44. The lowest BCUT2D eigenvalue weighted by molar-refractivity contribution is 0.0620. The Morgan fingerprint density at radius 3 is 2.20 bits per heavy atom. The number of amides is 1. The van der Waals surface area contributed by atoms with Gasteiger partial charge in [0.1, 0.15) is 0 Å². The van der Waals surface area contributed by atoms with Gasteiger partial charge in [-0.3, -0.25) is 9.59 Å². The third-order valence-electron chi connectivity index (χ3n) is 4.53. The lowest BCUT2D eigenvalue weighted by Crippen LogP contribution is -2.57. The molecule has 3 fully saturated rings. The van der Waals surface area contributed by atoms with Crippen molar-refractivity contribution < 1.29 is 9.59 Å². The highest BCUT2D eigenvalue weighted by atomic mass is 16.1. The number of ketones is 1. The zero-order valence-corrected chi connectivity index (χ0v) is 11.8. The van der Waals surface area contributed by atoms with E-state index in [4.69, 9.17) is 0 Å². The molecule has 1 aromatic carbocycles. The van der Waals surface area contributed by atoms with E-state index in [-0.39, 0.29) is 17.7 Å². The van der Waals surface area contributed by atoms with Crippen LogP contribution in [-0.4, -0.2) is 42.3 Å². The maximum absolute atomic E-state index is 12.3. The maximum atomic E-state index is 12.3. The van der Waals surface area contributed by atoms with Crippen molar-refractivity contribution in [3.8, 4) is 0 Å². The van der Waals surface area contributed by atoms with Crippen LogP contribution in [0.3, 0.4) is 0 Å². The van der Waals surface area contributed by atoms with E-state index in [0.717, 1.165) is 6.54 Å². The molecule has 3 aliphatic rings. The molecular weight excluding hydrogens is 252 g/mol. The van der Waals surface area contributed by atoms with Crippen LogP contribution < -0.4 is 5.32 Å². The van der Waals surface area contributed by atoms with Crippen LogP contribution in [0.25, 0.3) is 0 Å². The third-order valence-corrected chi connectivity index (χ3v) is 4.53. The number of hydrogen-bond acceptors (Lipinski definition) is 3. The van der Waals surface area contributed by atoms with Gasteiger partial charge in [-0.2, -0.15) is 0 Å². The Bertz CT molecular complexity index is 516. The van der Waals surface area contributed by atoms with Gasteiger partial charge in [-0.05, 0) is 50.9 Å². The minimum absolute atomic E-state index is 0.0225. The summed E-state index contributed by atoms with van der Waals surface area (Å²) in [6, 6.07) is 7.17. The highest BCUT2D eigenvalue weighted by Crippen LogP contribution is 2.27. The first-order chi connectivity index (χ1) is 9.63. The van der Waals surface area contributed by atoms with Crippen molar-refractivity contribution in [2.45, 2.75) is 25.8 Å². The molecule has 3 aliphatic heterocycles. The van der Waals surface area contributed by atoms with Crippen molar-refractivity contribution >= 4 is 11.7 Å². The second-order valence-electron chi connectivity index (χ2n) is 5.85. The number of Topliss-reactive ketones (excluding diaryl/α,β-unsaturated/α-hetero) is 1. The summed E-state index contributed by atoms with van der Waals surface area (Å²) in [5.74, 6) is 0.619. The van der Waals surface area contributed by atoms with E-state index in [1.54, 1.807) is 24.3 Å². The van der Waals surface area contributed by atoms with Gasteiger partial charge in [-0.1, -0.05) is 12.1 Å². The van der Waals surface area contributed by atoms with E-state index < -0.39 is 0 Å². The number of piperidine rings is 3. The number of benzene rings is 1. The molecule has 20 heavy (non-hydrogen) atoms. The minimum atomic E-state index is -0.0288. The first-order valence-corrected chi connectivity index (χ1v) is 7.28. The predicted molar refractivity (Wildman–Crippen MR) is 76.9 cm³/mol. The number of rotatable bonds is 3. The van der Waals surface area contributed by atoms with Crippen molar-refractivity contribution in [2.75, 3.05) is 19.6 Å². The maximum Gasteiger partial charge on any atom is 0.251 e. The molecule has 4 rings (SSSR count). The molecule has 3 saturated heterocycles. The molecule has 0 spiro atoms. The summed E-state index contributed by atoms with van der Waals surface area (Å²) in [6.45, 7) is 4.85. The second-order valence-corrected chi connectivity index (χ2v) is 5.85. The first kappa shape index (κ1) is 13.3. The van der Waals surface area contributed by atoms with E-state index in [1.165, 1.54) is 32.9 Å². The Labute approximate surface area is 119 Å². The van der Waals surface area contributed by atoms with E-state index in [2.05, 4.69) is 10.2 Å². The average molecular weight is 272 g/mol. The largest absolute Gasteiger partial charge is 0.348 e. The fraction of sp³-hybridized carbons (Fsp3) is 0.500. The molecule has 0 saturated carbocycles. The van der Waals surface area contributed by atoms with Crippen molar-refractivity contribution in [3.05, 3.63) is 35.4 Å². The van der Waals surface area contributed by atoms with Gasteiger partial charge in [-0.25, -0.2) is 0 Å². The first-order valence-electron chi connectivity index (χ1n) is 7.28. The van der Waals surface area contributed by atoms with Crippen LogP contribution in [-0.2, 0) is 0 Å². The van der Waals surface area contributed by atoms with E-state index in [1.807, 2.05) is 0 Å². The molecule has 2 bridgehead atoms. The van der Waals surface area contributed by atoms with E-state index in [0.29, 0.717) is 17.0 Å². The van der Waals surface area contributed by atoms with Crippen LogP contribution in [0.1, 0.15) is 40.5 Å². The molecule has 1 aromatic rings. The van der Waals surface area contributed by atoms with Crippen LogP contribution >= 0.6 is 0 Å². The molecule has 106 valence electrons. The molecule has 1 atom stereocenters. The molecule has 4 heteroatoms. The topological polar surface area (TPSA) is 49.4 Å². The van der Waals surface area contributed by atoms with Crippen LogP contribution in [0.4, 0.5) is 0 Å². The van der Waals surface area contributed by atoms with Crippen molar-refractivity contribution in [1.29, 1.82) is 0 Å². The standard InChI is InChI=1S/C16H20N2O2/c1-11(19)12-2-4-14(5-3-12)16(20)17-15-10-18-8-6-13(15)7-9-18/h2-5,13,15H,6-10H2,1H3,(H,17,20)/t15-/m0/s1. The molecule has 0 unspecified atom stereocenters. The fourth-order valence-corrected chi connectivity index (χ4v) is 3.24. The summed E-state index contributed by atoms with van der Waals surface area (Å²) < 4.78 is 0. The van der Waals surface area contributed by atoms with Crippen LogP contribution in [0.5, 0.6) is 0 Å². The van der Waals surface area contributed by atoms with Gasteiger partial charge >= 0.3 is 0 Å².